The van der Waals surface area contributed by atoms with Gasteiger partial charge in [0.1, 0.15) is 0 Å². The summed E-state index contributed by atoms with van der Waals surface area (Å²) in [4.78, 5) is 0. The van der Waals surface area contributed by atoms with Gasteiger partial charge in [-0.15, -0.1) is 0 Å². The molecule has 118 valence electrons. The van der Waals surface area contributed by atoms with Gasteiger partial charge in [0.25, 0.3) is 0 Å². The van der Waals surface area contributed by atoms with Crippen LogP contribution >= 0.6 is 15.9 Å². The predicted molar refractivity (Wildman–Crippen MR) is 89.7 cm³/mol. The summed E-state index contributed by atoms with van der Waals surface area (Å²) in [7, 11) is 1.84. The Morgan fingerprint density at radius 1 is 1.38 bits per heavy atom. The summed E-state index contributed by atoms with van der Waals surface area (Å²) in [6.45, 7) is 4.80. The summed E-state index contributed by atoms with van der Waals surface area (Å²) in [5.74, 6) is 0. The van der Waals surface area contributed by atoms with Crippen molar-refractivity contribution >= 4 is 15.9 Å². The van der Waals surface area contributed by atoms with Crippen LogP contribution in [0.15, 0.2) is 28.7 Å². The molecule has 0 amide bonds. The monoisotopic (exact) mass is 355 g/mol. The average molecular weight is 356 g/mol. The molecule has 0 radical (unpaired) electrons. The molecule has 4 heteroatoms. The van der Waals surface area contributed by atoms with Crippen LogP contribution in [0.3, 0.4) is 0 Å². The number of nitrogens with one attached hydrogen (secondary N) is 1. The van der Waals surface area contributed by atoms with Crippen LogP contribution in [0, 0.1) is 0 Å². The highest BCUT2D eigenvalue weighted by atomic mass is 79.9. The van der Waals surface area contributed by atoms with Gasteiger partial charge in [0.05, 0.1) is 5.60 Å². The van der Waals surface area contributed by atoms with E-state index in [1.807, 2.05) is 7.11 Å². The minimum absolute atomic E-state index is 0.115. The van der Waals surface area contributed by atoms with E-state index in [9.17, 15) is 0 Å². The van der Waals surface area contributed by atoms with Gasteiger partial charge >= 0.3 is 0 Å². The SMILES string of the molecule is CCCNC(Cc1cccc(Br)c1)C1(OC)CCOCC1. The maximum Gasteiger partial charge on any atom is 0.0877 e. The minimum atomic E-state index is -0.115. The fraction of sp³-hybridized carbons (Fsp3) is 0.647. The number of methoxy groups -OCH3 is 1. The zero-order chi connectivity index (χ0) is 15.1. The summed E-state index contributed by atoms with van der Waals surface area (Å²) in [5.41, 5.74) is 1.22. The van der Waals surface area contributed by atoms with Crippen molar-refractivity contribution in [2.24, 2.45) is 0 Å². The van der Waals surface area contributed by atoms with Gasteiger partial charge in [0, 0.05) is 43.7 Å². The lowest BCUT2D eigenvalue weighted by Crippen LogP contribution is -2.56. The topological polar surface area (TPSA) is 30.5 Å². The fourth-order valence-corrected chi connectivity index (χ4v) is 3.52. The van der Waals surface area contributed by atoms with Crippen molar-refractivity contribution in [1.29, 1.82) is 0 Å². The molecular weight excluding hydrogens is 330 g/mol. The van der Waals surface area contributed by atoms with Crippen molar-refractivity contribution in [1.82, 2.24) is 5.32 Å². The van der Waals surface area contributed by atoms with E-state index in [-0.39, 0.29) is 5.60 Å². The maximum absolute atomic E-state index is 5.99. The molecule has 1 unspecified atom stereocenters. The molecule has 0 saturated carbocycles. The van der Waals surface area contributed by atoms with Gasteiger partial charge in [0.2, 0.25) is 0 Å². The standard InChI is InChI=1S/C17H26BrNO2/c1-3-9-19-16(13-14-5-4-6-15(18)12-14)17(20-2)7-10-21-11-8-17/h4-6,12,16,19H,3,7-11,13H2,1-2H3. The first-order valence-electron chi connectivity index (χ1n) is 7.81. The van der Waals surface area contributed by atoms with E-state index >= 15 is 0 Å². The molecule has 1 aliphatic heterocycles. The molecule has 1 fully saturated rings. The normalized spacial score (nSPS) is 19.4. The second-order valence-corrected chi connectivity index (χ2v) is 6.64. The first-order chi connectivity index (χ1) is 10.2. The first kappa shape index (κ1) is 16.9. The Balaban J connectivity index is 2.16. The van der Waals surface area contributed by atoms with Gasteiger partial charge in [0.15, 0.2) is 0 Å². The van der Waals surface area contributed by atoms with Crippen LogP contribution in [0.1, 0.15) is 31.7 Å². The van der Waals surface area contributed by atoms with Crippen molar-refractivity contribution in [2.45, 2.75) is 44.2 Å². The molecular formula is C17H26BrNO2. The first-order valence-corrected chi connectivity index (χ1v) is 8.60. The lowest BCUT2D eigenvalue weighted by atomic mass is 9.82. The Labute approximate surface area is 136 Å². The summed E-state index contributed by atoms with van der Waals surface area (Å²) < 4.78 is 12.7. The summed E-state index contributed by atoms with van der Waals surface area (Å²) >= 11 is 3.56. The second kappa shape index (κ2) is 8.28. The number of hydrogen-bond acceptors (Lipinski definition) is 3. The Morgan fingerprint density at radius 3 is 2.76 bits per heavy atom. The molecule has 0 aliphatic carbocycles. The van der Waals surface area contributed by atoms with Crippen LogP contribution in [-0.2, 0) is 15.9 Å². The summed E-state index contributed by atoms with van der Waals surface area (Å²) in [5, 5.41) is 3.70. The number of halogens is 1. The van der Waals surface area contributed by atoms with Crippen molar-refractivity contribution in [3.05, 3.63) is 34.3 Å². The quantitative estimate of drug-likeness (QED) is 0.811. The van der Waals surface area contributed by atoms with Crippen molar-refractivity contribution in [2.75, 3.05) is 26.9 Å². The molecule has 1 aliphatic rings. The van der Waals surface area contributed by atoms with E-state index in [1.165, 1.54) is 5.56 Å². The molecule has 1 heterocycles. The van der Waals surface area contributed by atoms with E-state index in [0.717, 1.165) is 49.9 Å². The highest BCUT2D eigenvalue weighted by Crippen LogP contribution is 2.30. The van der Waals surface area contributed by atoms with Gasteiger partial charge in [-0.25, -0.2) is 0 Å². The molecule has 1 saturated heterocycles. The van der Waals surface area contributed by atoms with E-state index in [1.54, 1.807) is 0 Å². The average Bonchev–Trinajstić information content (AvgIpc) is 2.52. The van der Waals surface area contributed by atoms with Gasteiger partial charge < -0.3 is 14.8 Å². The van der Waals surface area contributed by atoms with Gasteiger partial charge in [-0.2, -0.15) is 0 Å². The van der Waals surface area contributed by atoms with E-state index < -0.39 is 0 Å². The smallest absolute Gasteiger partial charge is 0.0877 e. The van der Waals surface area contributed by atoms with E-state index in [2.05, 4.69) is 52.4 Å². The molecule has 1 aromatic rings. The molecule has 1 atom stereocenters. The number of rotatable bonds is 7. The Hall–Kier alpha value is -0.420. The molecule has 0 spiro atoms. The molecule has 2 rings (SSSR count). The molecule has 21 heavy (non-hydrogen) atoms. The highest BCUT2D eigenvalue weighted by molar-refractivity contribution is 9.10. The van der Waals surface area contributed by atoms with E-state index in [0.29, 0.717) is 6.04 Å². The van der Waals surface area contributed by atoms with Crippen molar-refractivity contribution in [3.63, 3.8) is 0 Å². The fourth-order valence-electron chi connectivity index (χ4n) is 3.07. The molecule has 3 nitrogen and oxygen atoms in total. The highest BCUT2D eigenvalue weighted by Gasteiger charge is 2.40. The zero-order valence-corrected chi connectivity index (χ0v) is 14.6. The Morgan fingerprint density at radius 2 is 2.14 bits per heavy atom. The number of benzene rings is 1. The predicted octanol–water partition coefficient (Wildman–Crippen LogP) is 3.56. The third kappa shape index (κ3) is 4.52. The Kier molecular flexibility index (Phi) is 6.68. The largest absolute Gasteiger partial charge is 0.381 e. The molecule has 0 bridgehead atoms. The van der Waals surface area contributed by atoms with E-state index in [4.69, 9.17) is 9.47 Å². The molecule has 0 aromatic heterocycles. The molecule has 1 aromatic carbocycles. The van der Waals surface area contributed by atoms with Crippen LogP contribution in [0.2, 0.25) is 0 Å². The van der Waals surface area contributed by atoms with Crippen LogP contribution in [-0.4, -0.2) is 38.5 Å². The Bertz CT molecular complexity index is 433. The van der Waals surface area contributed by atoms with Gasteiger partial charge in [-0.3, -0.25) is 0 Å². The second-order valence-electron chi connectivity index (χ2n) is 5.72. The third-order valence-electron chi connectivity index (χ3n) is 4.35. The van der Waals surface area contributed by atoms with Crippen molar-refractivity contribution in [3.8, 4) is 0 Å². The van der Waals surface area contributed by atoms with Crippen molar-refractivity contribution < 1.29 is 9.47 Å². The minimum Gasteiger partial charge on any atom is -0.381 e. The van der Waals surface area contributed by atoms with Crippen LogP contribution in [0.4, 0.5) is 0 Å². The summed E-state index contributed by atoms with van der Waals surface area (Å²) in [6.07, 6.45) is 4.02. The number of ether oxygens (including phenoxy) is 2. The lowest BCUT2D eigenvalue weighted by molar-refractivity contribution is -0.110. The maximum atomic E-state index is 5.99. The summed E-state index contributed by atoms with van der Waals surface area (Å²) in [6, 6.07) is 8.87. The van der Waals surface area contributed by atoms with Crippen LogP contribution in [0.25, 0.3) is 0 Å². The number of hydrogen-bond donors (Lipinski definition) is 1. The molecule has 1 N–H and O–H groups in total. The van der Waals surface area contributed by atoms with Crippen LogP contribution < -0.4 is 5.32 Å². The van der Waals surface area contributed by atoms with Crippen LogP contribution in [0.5, 0.6) is 0 Å². The van der Waals surface area contributed by atoms with Gasteiger partial charge in [-0.05, 0) is 37.1 Å². The lowest BCUT2D eigenvalue weighted by Gasteiger charge is -2.43. The van der Waals surface area contributed by atoms with Gasteiger partial charge in [-0.1, -0.05) is 35.0 Å². The zero-order valence-electron chi connectivity index (χ0n) is 13.0. The third-order valence-corrected chi connectivity index (χ3v) is 4.84.